The standard InChI is InChI=1S/C39H39N5O7S/c1-24-35(39(48)44(43(24)3)29-17-11-8-12-18-29)42-36(45)25(2)52-30-19-13-16-28(22-30)40-38(47)31(41-37(46)26-14-9-7-10-15-26)20-27-21-33(50-5)34(51-6)23-32(27)49-4/h7-23,25H,1-6H3,(H,40,47)(H,41,46)(H,42,45)/b31-20+. The SMILES string of the molecule is COc1cc(OC)c(OC)cc1/C=C(/NC(=O)c1ccccc1)C(=O)Nc1cccc(SC(C)C(=O)Nc2c(C)n(C)n(-c3ccccc3)c2=O)c1. The van der Waals surface area contributed by atoms with Gasteiger partial charge in [0.25, 0.3) is 17.4 Å². The molecule has 0 bridgehead atoms. The van der Waals surface area contributed by atoms with Crippen molar-refractivity contribution in [1.29, 1.82) is 0 Å². The molecule has 1 aromatic heterocycles. The molecule has 0 saturated heterocycles. The van der Waals surface area contributed by atoms with Crippen LogP contribution in [0.15, 0.2) is 112 Å². The molecule has 13 heteroatoms. The number of hydrogen-bond acceptors (Lipinski definition) is 8. The number of amides is 3. The van der Waals surface area contributed by atoms with Gasteiger partial charge in [-0.15, -0.1) is 11.8 Å². The van der Waals surface area contributed by atoms with E-state index in [-0.39, 0.29) is 22.9 Å². The summed E-state index contributed by atoms with van der Waals surface area (Å²) in [6, 6.07) is 27.9. The van der Waals surface area contributed by atoms with Gasteiger partial charge in [-0.2, -0.15) is 0 Å². The minimum absolute atomic E-state index is 0.0652. The molecule has 4 aromatic carbocycles. The second-order valence-electron chi connectivity index (χ2n) is 11.5. The van der Waals surface area contributed by atoms with Crippen molar-refractivity contribution in [2.45, 2.75) is 24.0 Å². The number of aromatic nitrogens is 2. The number of benzene rings is 4. The summed E-state index contributed by atoms with van der Waals surface area (Å²) in [6.07, 6.45) is 1.49. The van der Waals surface area contributed by atoms with Crippen LogP contribution < -0.4 is 35.7 Å². The van der Waals surface area contributed by atoms with Crippen LogP contribution in [-0.2, 0) is 16.6 Å². The van der Waals surface area contributed by atoms with E-state index in [9.17, 15) is 19.2 Å². The molecule has 0 saturated carbocycles. The molecule has 52 heavy (non-hydrogen) atoms. The molecule has 0 aliphatic rings. The molecule has 1 atom stereocenters. The highest BCUT2D eigenvalue weighted by Crippen LogP contribution is 2.36. The second kappa shape index (κ2) is 16.7. The Kier molecular flexibility index (Phi) is 11.9. The summed E-state index contributed by atoms with van der Waals surface area (Å²) >= 11 is 1.26. The van der Waals surface area contributed by atoms with Crippen molar-refractivity contribution >= 4 is 46.9 Å². The molecule has 3 N–H and O–H groups in total. The number of thioether (sulfide) groups is 1. The summed E-state index contributed by atoms with van der Waals surface area (Å²) in [5, 5.41) is 7.78. The molecule has 0 aliphatic carbocycles. The number of ether oxygens (including phenoxy) is 3. The number of carbonyl (C=O) groups excluding carboxylic acids is 3. The van der Waals surface area contributed by atoms with Crippen molar-refractivity contribution in [2.24, 2.45) is 7.05 Å². The zero-order valence-corrected chi connectivity index (χ0v) is 30.4. The summed E-state index contributed by atoms with van der Waals surface area (Å²) in [7, 11) is 6.23. The van der Waals surface area contributed by atoms with Crippen LogP contribution in [0.1, 0.15) is 28.5 Å². The van der Waals surface area contributed by atoms with E-state index >= 15 is 0 Å². The maximum Gasteiger partial charge on any atom is 0.295 e. The van der Waals surface area contributed by atoms with Crippen molar-refractivity contribution in [3.63, 3.8) is 0 Å². The Hall–Kier alpha value is -6.21. The molecular weight excluding hydrogens is 683 g/mol. The minimum Gasteiger partial charge on any atom is -0.496 e. The number of hydrogen-bond donors (Lipinski definition) is 3. The number of anilines is 2. The minimum atomic E-state index is -0.608. The Morgan fingerprint density at radius 2 is 1.42 bits per heavy atom. The molecule has 3 amide bonds. The van der Waals surface area contributed by atoms with Gasteiger partial charge in [0, 0.05) is 34.8 Å². The van der Waals surface area contributed by atoms with Crippen molar-refractivity contribution in [1.82, 2.24) is 14.7 Å². The Morgan fingerprint density at radius 1 is 0.788 bits per heavy atom. The number of nitrogens with zero attached hydrogens (tertiary/aromatic N) is 2. The summed E-state index contributed by atoms with van der Waals surface area (Å²) < 4.78 is 19.6. The van der Waals surface area contributed by atoms with Crippen LogP contribution in [-0.4, -0.2) is 53.7 Å². The van der Waals surface area contributed by atoms with Gasteiger partial charge in [-0.3, -0.25) is 23.9 Å². The lowest BCUT2D eigenvalue weighted by atomic mass is 10.1. The van der Waals surface area contributed by atoms with Crippen LogP contribution in [0.3, 0.4) is 0 Å². The molecule has 5 aromatic rings. The van der Waals surface area contributed by atoms with E-state index in [1.54, 1.807) is 86.2 Å². The van der Waals surface area contributed by atoms with Crippen LogP contribution in [0.25, 0.3) is 11.8 Å². The van der Waals surface area contributed by atoms with Crippen molar-refractivity contribution < 1.29 is 28.6 Å². The maximum atomic E-state index is 13.8. The van der Waals surface area contributed by atoms with Crippen LogP contribution in [0.4, 0.5) is 11.4 Å². The summed E-state index contributed by atoms with van der Waals surface area (Å²) in [5.74, 6) is -0.249. The van der Waals surface area contributed by atoms with Gasteiger partial charge >= 0.3 is 0 Å². The zero-order valence-electron chi connectivity index (χ0n) is 29.6. The van der Waals surface area contributed by atoms with Crippen LogP contribution >= 0.6 is 11.8 Å². The molecule has 0 aliphatic heterocycles. The lowest BCUT2D eigenvalue weighted by molar-refractivity contribution is -0.115. The van der Waals surface area contributed by atoms with Gasteiger partial charge in [-0.05, 0) is 68.5 Å². The highest BCUT2D eigenvalue weighted by Gasteiger charge is 2.23. The number of methoxy groups -OCH3 is 3. The van der Waals surface area contributed by atoms with Crippen molar-refractivity contribution in [3.8, 4) is 22.9 Å². The first-order valence-corrected chi connectivity index (χ1v) is 17.0. The average Bonchev–Trinajstić information content (AvgIpc) is 3.37. The lowest BCUT2D eigenvalue weighted by Crippen LogP contribution is -2.30. The first kappa shape index (κ1) is 37.1. The fourth-order valence-corrected chi connectivity index (χ4v) is 6.23. The second-order valence-corrected chi connectivity index (χ2v) is 12.9. The number of nitrogens with one attached hydrogen (secondary N) is 3. The van der Waals surface area contributed by atoms with Crippen LogP contribution in [0.2, 0.25) is 0 Å². The Balaban J connectivity index is 1.36. The molecule has 1 unspecified atom stereocenters. The first-order valence-electron chi connectivity index (χ1n) is 16.2. The molecule has 1 heterocycles. The third-order valence-corrected chi connectivity index (χ3v) is 9.23. The quantitative estimate of drug-likeness (QED) is 0.0988. The Bertz CT molecular complexity index is 2180. The van der Waals surface area contributed by atoms with E-state index in [4.69, 9.17) is 14.2 Å². The van der Waals surface area contributed by atoms with E-state index in [0.29, 0.717) is 50.3 Å². The largest absolute Gasteiger partial charge is 0.496 e. The Morgan fingerprint density at radius 3 is 2.08 bits per heavy atom. The van der Waals surface area contributed by atoms with Gasteiger partial charge in [0.1, 0.15) is 17.1 Å². The van der Waals surface area contributed by atoms with E-state index < -0.39 is 17.1 Å². The molecule has 0 spiro atoms. The normalized spacial score (nSPS) is 11.7. The van der Waals surface area contributed by atoms with Gasteiger partial charge in [0.15, 0.2) is 11.5 Å². The summed E-state index contributed by atoms with van der Waals surface area (Å²) in [5.41, 5.74) is 2.32. The van der Waals surface area contributed by atoms with Gasteiger partial charge in [-0.1, -0.05) is 42.5 Å². The van der Waals surface area contributed by atoms with Crippen molar-refractivity contribution in [3.05, 3.63) is 130 Å². The van der Waals surface area contributed by atoms with Gasteiger partial charge in [0.2, 0.25) is 5.91 Å². The molecular formula is C39H39N5O7S. The topological polar surface area (TPSA) is 142 Å². The number of para-hydroxylation sites is 1. The first-order chi connectivity index (χ1) is 25.0. The number of carbonyl (C=O) groups is 3. The molecule has 268 valence electrons. The summed E-state index contributed by atoms with van der Waals surface area (Å²) in [6.45, 7) is 3.50. The third-order valence-electron chi connectivity index (χ3n) is 8.14. The highest BCUT2D eigenvalue weighted by atomic mass is 32.2. The van der Waals surface area contributed by atoms with E-state index in [1.165, 1.54) is 43.8 Å². The maximum absolute atomic E-state index is 13.8. The fourth-order valence-electron chi connectivity index (χ4n) is 5.30. The monoisotopic (exact) mass is 721 g/mol. The predicted molar refractivity (Wildman–Crippen MR) is 203 cm³/mol. The molecule has 0 fully saturated rings. The van der Waals surface area contributed by atoms with Gasteiger partial charge in [-0.25, -0.2) is 4.68 Å². The fraction of sp³-hybridized carbons (Fsp3) is 0.179. The van der Waals surface area contributed by atoms with Crippen LogP contribution in [0, 0.1) is 6.92 Å². The van der Waals surface area contributed by atoms with Crippen molar-refractivity contribution in [2.75, 3.05) is 32.0 Å². The number of rotatable bonds is 13. The molecule has 0 radical (unpaired) electrons. The zero-order chi connectivity index (χ0) is 37.4. The predicted octanol–water partition coefficient (Wildman–Crippen LogP) is 6.04. The molecule has 5 rings (SSSR count). The van der Waals surface area contributed by atoms with Crippen LogP contribution in [0.5, 0.6) is 17.2 Å². The van der Waals surface area contributed by atoms with Gasteiger partial charge < -0.3 is 30.2 Å². The van der Waals surface area contributed by atoms with E-state index in [2.05, 4.69) is 16.0 Å². The van der Waals surface area contributed by atoms with E-state index in [0.717, 1.165) is 0 Å². The lowest BCUT2D eigenvalue weighted by Gasteiger charge is -2.15. The van der Waals surface area contributed by atoms with Gasteiger partial charge in [0.05, 0.1) is 38.0 Å². The smallest absolute Gasteiger partial charge is 0.295 e. The average molecular weight is 722 g/mol. The van der Waals surface area contributed by atoms with E-state index in [1.807, 2.05) is 36.4 Å². The third kappa shape index (κ3) is 8.38. The Labute approximate surface area is 305 Å². The molecule has 12 nitrogen and oxygen atoms in total. The summed E-state index contributed by atoms with van der Waals surface area (Å²) in [4.78, 5) is 54.4. The highest BCUT2D eigenvalue weighted by molar-refractivity contribution is 8.00.